The smallest absolute Gasteiger partial charge is 0.208 e. The standard InChI is InChI=1S/C26H30N6OS/c1-6-33-31-23(27)24-28-15-21(34-16-17-11-13-18(14-12-17)26(2,3)4)22(30-24)25-29-19-9-7-8-10-20(19)32(25)5/h7-15H,6,16H2,1-5H3,(H2,27,31). The number of hydrogen-bond acceptors (Lipinski definition) is 6. The largest absolute Gasteiger partial charge is 0.394 e. The van der Waals surface area contributed by atoms with Gasteiger partial charge in [0.15, 0.2) is 11.6 Å². The van der Waals surface area contributed by atoms with Crippen molar-refractivity contribution < 1.29 is 4.84 Å². The van der Waals surface area contributed by atoms with Gasteiger partial charge in [0.05, 0.1) is 15.9 Å². The Balaban J connectivity index is 1.70. The zero-order chi connectivity index (χ0) is 24.3. The molecule has 176 valence electrons. The molecule has 0 saturated heterocycles. The summed E-state index contributed by atoms with van der Waals surface area (Å²) in [5, 5.41) is 3.90. The average Bonchev–Trinajstić information content (AvgIpc) is 3.17. The van der Waals surface area contributed by atoms with Gasteiger partial charge in [-0.1, -0.05) is 62.3 Å². The minimum Gasteiger partial charge on any atom is -0.394 e. The van der Waals surface area contributed by atoms with Gasteiger partial charge in [-0.2, -0.15) is 0 Å². The fourth-order valence-corrected chi connectivity index (χ4v) is 4.47. The highest BCUT2D eigenvalue weighted by molar-refractivity contribution is 7.98. The van der Waals surface area contributed by atoms with E-state index >= 15 is 0 Å². The number of nitrogens with two attached hydrogens (primary N) is 1. The predicted octanol–water partition coefficient (Wildman–Crippen LogP) is 5.28. The Bertz CT molecular complexity index is 1320. The van der Waals surface area contributed by atoms with Gasteiger partial charge in [0.1, 0.15) is 12.3 Å². The minimum absolute atomic E-state index is 0.131. The van der Waals surface area contributed by atoms with Crippen LogP contribution in [0.15, 0.2) is 64.8 Å². The number of para-hydroxylation sites is 2. The van der Waals surface area contributed by atoms with Crippen LogP contribution in [0.1, 0.15) is 44.6 Å². The summed E-state index contributed by atoms with van der Waals surface area (Å²) in [4.78, 5) is 20.1. The number of rotatable bonds is 7. The lowest BCUT2D eigenvalue weighted by molar-refractivity contribution is 0.158. The van der Waals surface area contributed by atoms with E-state index in [4.69, 9.17) is 20.5 Å². The lowest BCUT2D eigenvalue weighted by Gasteiger charge is -2.19. The second kappa shape index (κ2) is 9.85. The van der Waals surface area contributed by atoms with Crippen LogP contribution >= 0.6 is 11.8 Å². The molecule has 0 aliphatic rings. The zero-order valence-electron chi connectivity index (χ0n) is 20.2. The molecule has 2 N–H and O–H groups in total. The van der Waals surface area contributed by atoms with Crippen molar-refractivity contribution in [1.29, 1.82) is 0 Å². The van der Waals surface area contributed by atoms with Crippen molar-refractivity contribution in [1.82, 2.24) is 19.5 Å². The number of nitrogens with zero attached hydrogens (tertiary/aromatic N) is 5. The van der Waals surface area contributed by atoms with Gasteiger partial charge in [-0.25, -0.2) is 15.0 Å². The van der Waals surface area contributed by atoms with Crippen molar-refractivity contribution in [3.8, 4) is 11.5 Å². The number of thioether (sulfide) groups is 1. The molecule has 8 heteroatoms. The normalized spacial score (nSPS) is 12.3. The summed E-state index contributed by atoms with van der Waals surface area (Å²) in [5.74, 6) is 1.98. The van der Waals surface area contributed by atoms with Gasteiger partial charge in [0, 0.05) is 19.0 Å². The maximum Gasteiger partial charge on any atom is 0.208 e. The topological polar surface area (TPSA) is 91.2 Å². The third-order valence-corrected chi connectivity index (χ3v) is 6.58. The highest BCUT2D eigenvalue weighted by Gasteiger charge is 2.19. The molecule has 0 bridgehead atoms. The summed E-state index contributed by atoms with van der Waals surface area (Å²) in [6.45, 7) is 8.93. The molecule has 0 unspecified atom stereocenters. The Morgan fingerprint density at radius 1 is 1.09 bits per heavy atom. The first-order valence-corrected chi connectivity index (χ1v) is 12.2. The number of imidazole rings is 1. The highest BCUT2D eigenvalue weighted by atomic mass is 32.2. The third kappa shape index (κ3) is 5.07. The number of fused-ring (bicyclic) bond motifs is 1. The molecule has 0 atom stereocenters. The van der Waals surface area contributed by atoms with Crippen LogP contribution in [-0.4, -0.2) is 32.0 Å². The number of aromatic nitrogens is 4. The van der Waals surface area contributed by atoms with E-state index in [9.17, 15) is 0 Å². The summed E-state index contributed by atoms with van der Waals surface area (Å²) >= 11 is 1.67. The van der Waals surface area contributed by atoms with E-state index < -0.39 is 0 Å². The fourth-order valence-electron chi connectivity index (χ4n) is 3.55. The van der Waals surface area contributed by atoms with Crippen LogP contribution in [-0.2, 0) is 23.1 Å². The van der Waals surface area contributed by atoms with E-state index in [1.54, 1.807) is 18.0 Å². The molecular formula is C26H30N6OS. The Morgan fingerprint density at radius 3 is 2.50 bits per heavy atom. The second-order valence-corrected chi connectivity index (χ2v) is 10.0. The predicted molar refractivity (Wildman–Crippen MR) is 139 cm³/mol. The molecular weight excluding hydrogens is 444 g/mol. The van der Waals surface area contributed by atoms with Crippen LogP contribution in [0.2, 0.25) is 0 Å². The van der Waals surface area contributed by atoms with Gasteiger partial charge >= 0.3 is 0 Å². The molecule has 0 saturated carbocycles. The first-order valence-electron chi connectivity index (χ1n) is 11.2. The molecule has 34 heavy (non-hydrogen) atoms. The second-order valence-electron chi connectivity index (χ2n) is 9.02. The van der Waals surface area contributed by atoms with Gasteiger partial charge in [-0.05, 0) is 35.6 Å². The van der Waals surface area contributed by atoms with E-state index in [0.29, 0.717) is 12.4 Å². The van der Waals surface area contributed by atoms with Crippen LogP contribution in [0.4, 0.5) is 0 Å². The van der Waals surface area contributed by atoms with Gasteiger partial charge in [0.2, 0.25) is 5.84 Å². The Morgan fingerprint density at radius 2 is 1.82 bits per heavy atom. The van der Waals surface area contributed by atoms with E-state index in [1.165, 1.54) is 11.1 Å². The lowest BCUT2D eigenvalue weighted by atomic mass is 9.87. The van der Waals surface area contributed by atoms with Crippen molar-refractivity contribution in [2.45, 2.75) is 43.8 Å². The van der Waals surface area contributed by atoms with Gasteiger partial charge in [0.25, 0.3) is 0 Å². The van der Waals surface area contributed by atoms with Crippen molar-refractivity contribution in [2.24, 2.45) is 17.9 Å². The summed E-state index contributed by atoms with van der Waals surface area (Å²) < 4.78 is 2.04. The van der Waals surface area contributed by atoms with Crippen LogP contribution in [0.25, 0.3) is 22.6 Å². The van der Waals surface area contributed by atoms with E-state index in [2.05, 4.69) is 55.2 Å². The molecule has 2 aromatic heterocycles. The zero-order valence-corrected chi connectivity index (χ0v) is 21.1. The minimum atomic E-state index is 0.131. The van der Waals surface area contributed by atoms with E-state index in [0.717, 1.165) is 33.2 Å². The summed E-state index contributed by atoms with van der Waals surface area (Å²) in [7, 11) is 1.99. The summed E-state index contributed by atoms with van der Waals surface area (Å²) in [5.41, 5.74) is 11.4. The molecule has 4 aromatic rings. The average molecular weight is 475 g/mol. The number of hydrogen-bond donors (Lipinski definition) is 1. The van der Waals surface area contributed by atoms with E-state index in [1.807, 2.05) is 42.8 Å². The number of aryl methyl sites for hydroxylation is 1. The van der Waals surface area contributed by atoms with Gasteiger partial charge in [-0.3, -0.25) is 0 Å². The quantitative estimate of drug-likeness (QED) is 0.170. The van der Waals surface area contributed by atoms with Crippen LogP contribution in [0, 0.1) is 0 Å². The number of oxime groups is 1. The number of benzene rings is 2. The Kier molecular flexibility index (Phi) is 6.88. The molecule has 2 aromatic carbocycles. The Labute approximate surface area is 204 Å². The van der Waals surface area contributed by atoms with Crippen LogP contribution in [0.3, 0.4) is 0 Å². The highest BCUT2D eigenvalue weighted by Crippen LogP contribution is 2.33. The third-order valence-electron chi connectivity index (χ3n) is 5.49. The van der Waals surface area contributed by atoms with Crippen LogP contribution < -0.4 is 5.73 Å². The molecule has 0 fully saturated rings. The SMILES string of the molecule is CCO/N=C(\N)c1ncc(SCc2ccc(C(C)(C)C)cc2)c(-c2nc3ccccc3n2C)n1. The molecule has 0 aliphatic heterocycles. The molecule has 2 heterocycles. The molecule has 0 amide bonds. The molecule has 0 aliphatic carbocycles. The van der Waals surface area contributed by atoms with Crippen molar-refractivity contribution in [2.75, 3.05) is 6.61 Å². The van der Waals surface area contributed by atoms with Gasteiger partial charge < -0.3 is 15.1 Å². The van der Waals surface area contributed by atoms with Crippen molar-refractivity contribution in [3.63, 3.8) is 0 Å². The van der Waals surface area contributed by atoms with Crippen molar-refractivity contribution >= 4 is 28.6 Å². The maximum absolute atomic E-state index is 6.07. The lowest BCUT2D eigenvalue weighted by Crippen LogP contribution is -2.18. The first kappa shape index (κ1) is 23.8. The first-order chi connectivity index (χ1) is 16.3. The molecule has 0 spiro atoms. The maximum atomic E-state index is 6.07. The molecule has 7 nitrogen and oxygen atoms in total. The fraction of sp³-hybridized carbons (Fsp3) is 0.308. The molecule has 0 radical (unpaired) electrons. The summed E-state index contributed by atoms with van der Waals surface area (Å²) in [6.07, 6.45) is 1.79. The molecule has 4 rings (SSSR count). The van der Waals surface area contributed by atoms with Crippen molar-refractivity contribution in [3.05, 3.63) is 71.7 Å². The Hall–Kier alpha value is -3.39. The monoisotopic (exact) mass is 474 g/mol. The number of amidine groups is 1. The van der Waals surface area contributed by atoms with Gasteiger partial charge in [-0.15, -0.1) is 11.8 Å². The van der Waals surface area contributed by atoms with Crippen LogP contribution in [0.5, 0.6) is 0 Å². The van der Waals surface area contributed by atoms with E-state index in [-0.39, 0.29) is 11.3 Å². The summed E-state index contributed by atoms with van der Waals surface area (Å²) in [6, 6.07) is 16.8.